The van der Waals surface area contributed by atoms with E-state index < -0.39 is 11.4 Å². The molecule has 0 aliphatic carbocycles. The molecule has 14 heavy (non-hydrogen) atoms. The number of ether oxygens (including phenoxy) is 1. The van der Waals surface area contributed by atoms with Gasteiger partial charge in [-0.3, -0.25) is 0 Å². The van der Waals surface area contributed by atoms with E-state index in [1.165, 1.54) is 6.26 Å². The monoisotopic (exact) mass is 200 g/mol. The van der Waals surface area contributed by atoms with Gasteiger partial charge in [-0.15, -0.1) is 0 Å². The Morgan fingerprint density at radius 2 is 1.57 bits per heavy atom. The van der Waals surface area contributed by atoms with Crippen LogP contribution in [0, 0.1) is 5.41 Å². The first-order valence-corrected chi connectivity index (χ1v) is 4.66. The van der Waals surface area contributed by atoms with Crippen LogP contribution in [-0.4, -0.2) is 16.7 Å². The number of carboxylic acid groups (broad SMARTS) is 1. The molecule has 82 valence electrons. The summed E-state index contributed by atoms with van der Waals surface area (Å²) in [5.74, 6) is -0.929. The van der Waals surface area contributed by atoms with Crippen LogP contribution in [0.25, 0.3) is 0 Å². The van der Waals surface area contributed by atoms with Crippen molar-refractivity contribution in [2.75, 3.05) is 0 Å². The molecule has 0 atom stereocenters. The van der Waals surface area contributed by atoms with Crippen molar-refractivity contribution in [2.24, 2.45) is 5.41 Å². The van der Waals surface area contributed by atoms with Crippen LogP contribution < -0.4 is 0 Å². The molecule has 0 fully saturated rings. The van der Waals surface area contributed by atoms with E-state index in [2.05, 4.69) is 0 Å². The van der Waals surface area contributed by atoms with E-state index in [1.807, 2.05) is 41.5 Å². The average molecular weight is 200 g/mol. The third-order valence-electron chi connectivity index (χ3n) is 1.57. The summed E-state index contributed by atoms with van der Waals surface area (Å²) in [5.41, 5.74) is -0.476. The third kappa shape index (κ3) is 4.90. The first-order chi connectivity index (χ1) is 6.04. The van der Waals surface area contributed by atoms with Crippen LogP contribution >= 0.6 is 0 Å². The molecule has 0 rings (SSSR count). The van der Waals surface area contributed by atoms with Gasteiger partial charge < -0.3 is 9.84 Å². The van der Waals surface area contributed by atoms with E-state index >= 15 is 0 Å². The lowest BCUT2D eigenvalue weighted by molar-refractivity contribution is -0.134. The van der Waals surface area contributed by atoms with Crippen molar-refractivity contribution >= 4 is 5.97 Å². The maximum absolute atomic E-state index is 10.9. The van der Waals surface area contributed by atoms with Gasteiger partial charge in [0.05, 0.1) is 17.4 Å². The predicted octanol–water partition coefficient (Wildman–Crippen LogP) is 2.82. The molecule has 0 saturated heterocycles. The van der Waals surface area contributed by atoms with Crippen molar-refractivity contribution in [1.29, 1.82) is 0 Å². The zero-order valence-electron chi connectivity index (χ0n) is 9.84. The van der Waals surface area contributed by atoms with E-state index in [4.69, 9.17) is 9.84 Å². The average Bonchev–Trinajstić information content (AvgIpc) is 1.79. The zero-order chi connectivity index (χ0) is 11.6. The summed E-state index contributed by atoms with van der Waals surface area (Å²) >= 11 is 0. The standard InChI is InChI=1S/C11H20O3/c1-10(2,3)8(9(12)13)7-14-11(4,5)6/h7H,1-6H3,(H,12,13)/b8-7-. The van der Waals surface area contributed by atoms with Crippen molar-refractivity contribution in [2.45, 2.75) is 47.1 Å². The molecular weight excluding hydrogens is 180 g/mol. The Labute approximate surface area is 85.8 Å². The topological polar surface area (TPSA) is 46.5 Å². The van der Waals surface area contributed by atoms with Gasteiger partial charge in [0.2, 0.25) is 0 Å². The molecule has 0 aromatic heterocycles. The second-order valence-corrected chi connectivity index (χ2v) is 5.32. The van der Waals surface area contributed by atoms with Crippen LogP contribution in [0.2, 0.25) is 0 Å². The molecular formula is C11H20O3. The number of hydrogen-bond donors (Lipinski definition) is 1. The summed E-state index contributed by atoms with van der Waals surface area (Å²) in [6.07, 6.45) is 1.35. The summed E-state index contributed by atoms with van der Waals surface area (Å²) in [6, 6.07) is 0. The lowest BCUT2D eigenvalue weighted by Gasteiger charge is -2.23. The second kappa shape index (κ2) is 4.03. The van der Waals surface area contributed by atoms with Gasteiger partial charge in [0.25, 0.3) is 0 Å². The first-order valence-electron chi connectivity index (χ1n) is 4.66. The summed E-state index contributed by atoms with van der Waals surface area (Å²) in [5, 5.41) is 8.96. The largest absolute Gasteiger partial charge is 0.495 e. The van der Waals surface area contributed by atoms with E-state index in [1.54, 1.807) is 0 Å². The first kappa shape index (κ1) is 13.0. The molecule has 0 heterocycles. The van der Waals surface area contributed by atoms with Crippen LogP contribution in [0.15, 0.2) is 11.8 Å². The van der Waals surface area contributed by atoms with Crippen molar-refractivity contribution in [1.82, 2.24) is 0 Å². The number of hydrogen-bond acceptors (Lipinski definition) is 2. The molecule has 0 radical (unpaired) electrons. The lowest BCUT2D eigenvalue weighted by Crippen LogP contribution is -2.21. The van der Waals surface area contributed by atoms with Crippen LogP contribution in [0.4, 0.5) is 0 Å². The minimum absolute atomic E-state index is 0.285. The Kier molecular flexibility index (Phi) is 3.74. The molecule has 3 nitrogen and oxygen atoms in total. The van der Waals surface area contributed by atoms with Gasteiger partial charge in [0.15, 0.2) is 0 Å². The smallest absolute Gasteiger partial charge is 0.335 e. The number of carboxylic acids is 1. The molecule has 0 aliphatic heterocycles. The molecule has 0 aromatic carbocycles. The molecule has 0 saturated carbocycles. The minimum atomic E-state index is -0.929. The second-order valence-electron chi connectivity index (χ2n) is 5.32. The highest BCUT2D eigenvalue weighted by molar-refractivity contribution is 5.87. The van der Waals surface area contributed by atoms with Gasteiger partial charge in [-0.2, -0.15) is 0 Å². The van der Waals surface area contributed by atoms with Gasteiger partial charge in [0.1, 0.15) is 0 Å². The van der Waals surface area contributed by atoms with Gasteiger partial charge in [-0.25, -0.2) is 4.79 Å². The minimum Gasteiger partial charge on any atom is -0.495 e. The number of rotatable bonds is 2. The highest BCUT2D eigenvalue weighted by Gasteiger charge is 2.24. The fourth-order valence-corrected chi connectivity index (χ4v) is 0.784. The summed E-state index contributed by atoms with van der Waals surface area (Å²) in [7, 11) is 0. The van der Waals surface area contributed by atoms with Crippen LogP contribution in [0.5, 0.6) is 0 Å². The number of carbonyl (C=O) groups is 1. The van der Waals surface area contributed by atoms with E-state index in [0.29, 0.717) is 0 Å². The molecule has 0 spiro atoms. The SMILES string of the molecule is CC(C)(C)O/C=C(/C(=O)O)C(C)(C)C. The van der Waals surface area contributed by atoms with E-state index in [0.717, 1.165) is 0 Å². The van der Waals surface area contributed by atoms with E-state index in [9.17, 15) is 4.79 Å². The Bertz CT molecular complexity index is 238. The number of aliphatic carboxylic acids is 1. The zero-order valence-corrected chi connectivity index (χ0v) is 9.84. The van der Waals surface area contributed by atoms with Crippen molar-refractivity contribution < 1.29 is 14.6 Å². The molecule has 1 N–H and O–H groups in total. The summed E-state index contributed by atoms with van der Waals surface area (Å²) < 4.78 is 5.34. The van der Waals surface area contributed by atoms with Crippen molar-refractivity contribution in [3.8, 4) is 0 Å². The maximum Gasteiger partial charge on any atom is 0.335 e. The normalized spacial score (nSPS) is 14.0. The summed E-state index contributed by atoms with van der Waals surface area (Å²) in [4.78, 5) is 10.9. The van der Waals surface area contributed by atoms with Crippen LogP contribution in [0.3, 0.4) is 0 Å². The van der Waals surface area contributed by atoms with Gasteiger partial charge in [-0.1, -0.05) is 20.8 Å². The van der Waals surface area contributed by atoms with Crippen molar-refractivity contribution in [3.05, 3.63) is 11.8 Å². The molecule has 0 aromatic rings. The Hall–Kier alpha value is -0.990. The molecule has 0 aliphatic rings. The Balaban J connectivity index is 4.78. The maximum atomic E-state index is 10.9. The Morgan fingerprint density at radius 1 is 1.14 bits per heavy atom. The third-order valence-corrected chi connectivity index (χ3v) is 1.57. The molecule has 0 amide bonds. The predicted molar refractivity (Wildman–Crippen MR) is 56.0 cm³/mol. The van der Waals surface area contributed by atoms with Gasteiger partial charge >= 0.3 is 5.97 Å². The fraction of sp³-hybridized carbons (Fsp3) is 0.727. The Morgan fingerprint density at radius 3 is 1.79 bits per heavy atom. The van der Waals surface area contributed by atoms with Gasteiger partial charge in [-0.05, 0) is 26.2 Å². The quantitative estimate of drug-likeness (QED) is 0.550. The van der Waals surface area contributed by atoms with Crippen LogP contribution in [0.1, 0.15) is 41.5 Å². The lowest BCUT2D eigenvalue weighted by atomic mass is 9.87. The van der Waals surface area contributed by atoms with Crippen LogP contribution in [-0.2, 0) is 9.53 Å². The van der Waals surface area contributed by atoms with Gasteiger partial charge in [0, 0.05) is 0 Å². The van der Waals surface area contributed by atoms with Crippen molar-refractivity contribution in [3.63, 3.8) is 0 Å². The fourth-order valence-electron chi connectivity index (χ4n) is 0.784. The highest BCUT2D eigenvalue weighted by Crippen LogP contribution is 2.26. The van der Waals surface area contributed by atoms with E-state index in [-0.39, 0.29) is 11.2 Å². The summed E-state index contributed by atoms with van der Waals surface area (Å²) in [6.45, 7) is 11.2. The molecule has 3 heteroatoms. The molecule has 0 bridgehead atoms. The molecule has 0 unspecified atom stereocenters. The highest BCUT2D eigenvalue weighted by atomic mass is 16.5.